The highest BCUT2D eigenvalue weighted by molar-refractivity contribution is 7.91. The second-order valence-corrected chi connectivity index (χ2v) is 7.19. The summed E-state index contributed by atoms with van der Waals surface area (Å²) in [5.41, 5.74) is 0.360. The van der Waals surface area contributed by atoms with Crippen molar-refractivity contribution in [2.75, 3.05) is 18.6 Å². The van der Waals surface area contributed by atoms with Gasteiger partial charge in [0.05, 0.1) is 24.2 Å². The number of hydrogen-bond donors (Lipinski definition) is 0. The Morgan fingerprint density at radius 1 is 1.24 bits per heavy atom. The molecule has 1 saturated heterocycles. The van der Waals surface area contributed by atoms with Gasteiger partial charge in [0, 0.05) is 6.42 Å². The molecule has 1 aromatic rings. The van der Waals surface area contributed by atoms with Gasteiger partial charge < -0.3 is 9.47 Å². The van der Waals surface area contributed by atoms with Gasteiger partial charge in [-0.15, -0.1) is 0 Å². The van der Waals surface area contributed by atoms with Gasteiger partial charge in [-0.3, -0.25) is 4.79 Å². The van der Waals surface area contributed by atoms with E-state index >= 15 is 0 Å². The minimum atomic E-state index is -2.99. The number of esters is 2. The Morgan fingerprint density at radius 2 is 1.90 bits per heavy atom. The molecule has 0 aliphatic carbocycles. The van der Waals surface area contributed by atoms with Gasteiger partial charge in [0.2, 0.25) is 0 Å². The van der Waals surface area contributed by atoms with Crippen molar-refractivity contribution >= 4 is 21.8 Å². The molecule has 6 nitrogen and oxygen atoms in total. The molecular formula is C14H16O6S. The third-order valence-corrected chi connectivity index (χ3v) is 5.13. The fourth-order valence-corrected chi connectivity index (χ4v) is 4.08. The van der Waals surface area contributed by atoms with Crippen LogP contribution in [0.2, 0.25) is 0 Å². The molecule has 0 radical (unpaired) electrons. The zero-order valence-electron chi connectivity index (χ0n) is 11.6. The van der Waals surface area contributed by atoms with E-state index in [1.807, 2.05) is 0 Å². The summed E-state index contributed by atoms with van der Waals surface area (Å²) in [6.07, 6.45) is 0.580. The predicted molar refractivity (Wildman–Crippen MR) is 74.8 cm³/mol. The minimum Gasteiger partial charge on any atom is -0.465 e. The van der Waals surface area contributed by atoms with Gasteiger partial charge in [-0.1, -0.05) is 0 Å². The van der Waals surface area contributed by atoms with Gasteiger partial charge in [-0.2, -0.15) is 0 Å². The Balaban J connectivity index is 1.90. The Kier molecular flexibility index (Phi) is 4.62. The average Bonchev–Trinajstić information content (AvgIpc) is 2.77. The lowest BCUT2D eigenvalue weighted by atomic mass is 10.1. The molecule has 1 atom stereocenters. The van der Waals surface area contributed by atoms with Crippen LogP contribution < -0.4 is 4.74 Å². The van der Waals surface area contributed by atoms with Crippen LogP contribution in [0, 0.1) is 5.92 Å². The molecule has 0 N–H and O–H groups in total. The zero-order valence-corrected chi connectivity index (χ0v) is 12.4. The van der Waals surface area contributed by atoms with Gasteiger partial charge in [-0.05, 0) is 36.6 Å². The topological polar surface area (TPSA) is 86.7 Å². The van der Waals surface area contributed by atoms with Crippen LogP contribution in [0.15, 0.2) is 24.3 Å². The maximum atomic E-state index is 11.7. The Bertz CT molecular complexity index is 632. The number of benzene rings is 1. The first-order valence-electron chi connectivity index (χ1n) is 6.49. The molecular weight excluding hydrogens is 296 g/mol. The van der Waals surface area contributed by atoms with E-state index < -0.39 is 21.8 Å². The monoisotopic (exact) mass is 312 g/mol. The fourth-order valence-electron chi connectivity index (χ4n) is 2.22. The summed E-state index contributed by atoms with van der Waals surface area (Å²) in [6.45, 7) is 0. The van der Waals surface area contributed by atoms with E-state index in [4.69, 9.17) is 4.74 Å². The highest BCUT2D eigenvalue weighted by Crippen LogP contribution is 2.22. The first kappa shape index (κ1) is 15.5. The standard InChI is InChI=1S/C14H16O6S/c1-19-14(16)11-2-4-12(5-3-11)20-13(15)8-10-6-7-21(17,18)9-10/h2-5,10H,6-9H2,1H3/t10-/m0/s1. The lowest BCUT2D eigenvalue weighted by Crippen LogP contribution is -2.15. The SMILES string of the molecule is COC(=O)c1ccc(OC(=O)C[C@@H]2CCS(=O)(=O)C2)cc1. The van der Waals surface area contributed by atoms with Gasteiger partial charge >= 0.3 is 11.9 Å². The number of hydrogen-bond acceptors (Lipinski definition) is 6. The number of carbonyl (C=O) groups excluding carboxylic acids is 2. The summed E-state index contributed by atoms with van der Waals surface area (Å²) in [5, 5.41) is 0. The van der Waals surface area contributed by atoms with E-state index in [0.29, 0.717) is 17.7 Å². The molecule has 0 amide bonds. The van der Waals surface area contributed by atoms with E-state index in [1.54, 1.807) is 0 Å². The van der Waals surface area contributed by atoms with E-state index in [9.17, 15) is 18.0 Å². The first-order valence-corrected chi connectivity index (χ1v) is 8.31. The van der Waals surface area contributed by atoms with E-state index in [2.05, 4.69) is 4.74 Å². The van der Waals surface area contributed by atoms with Crippen molar-refractivity contribution in [2.45, 2.75) is 12.8 Å². The van der Waals surface area contributed by atoms with Crippen molar-refractivity contribution in [1.82, 2.24) is 0 Å². The van der Waals surface area contributed by atoms with Crippen LogP contribution in [-0.4, -0.2) is 39.0 Å². The van der Waals surface area contributed by atoms with Crippen molar-refractivity contribution in [2.24, 2.45) is 5.92 Å². The first-order chi connectivity index (χ1) is 9.89. The van der Waals surface area contributed by atoms with E-state index in [-0.39, 0.29) is 23.8 Å². The van der Waals surface area contributed by atoms with Crippen LogP contribution in [0.5, 0.6) is 5.75 Å². The Hall–Kier alpha value is -1.89. The van der Waals surface area contributed by atoms with Crippen LogP contribution in [0.3, 0.4) is 0 Å². The average molecular weight is 312 g/mol. The summed E-state index contributed by atoms with van der Waals surface area (Å²) in [5.74, 6) is -0.611. The molecule has 1 aliphatic heterocycles. The molecule has 1 aromatic carbocycles. The van der Waals surface area contributed by atoms with Crippen LogP contribution in [-0.2, 0) is 19.4 Å². The van der Waals surface area contributed by atoms with Gasteiger partial charge in [0.15, 0.2) is 9.84 Å². The zero-order chi connectivity index (χ0) is 15.5. The number of rotatable bonds is 4. The molecule has 1 heterocycles. The summed E-state index contributed by atoms with van der Waals surface area (Å²) < 4.78 is 32.3. The van der Waals surface area contributed by atoms with Crippen molar-refractivity contribution in [3.05, 3.63) is 29.8 Å². The van der Waals surface area contributed by atoms with Crippen LogP contribution in [0.4, 0.5) is 0 Å². The smallest absolute Gasteiger partial charge is 0.337 e. The Labute approximate surface area is 123 Å². The van der Waals surface area contributed by atoms with Crippen molar-refractivity contribution in [3.63, 3.8) is 0 Å². The molecule has 114 valence electrons. The molecule has 1 fully saturated rings. The number of ether oxygens (including phenoxy) is 2. The molecule has 0 spiro atoms. The molecule has 21 heavy (non-hydrogen) atoms. The molecule has 7 heteroatoms. The predicted octanol–water partition coefficient (Wildman–Crippen LogP) is 1.20. The highest BCUT2D eigenvalue weighted by Gasteiger charge is 2.29. The second kappa shape index (κ2) is 6.26. The largest absolute Gasteiger partial charge is 0.465 e. The molecule has 1 aliphatic rings. The van der Waals surface area contributed by atoms with Crippen molar-refractivity contribution < 1.29 is 27.5 Å². The quantitative estimate of drug-likeness (QED) is 0.613. The van der Waals surface area contributed by atoms with Crippen molar-refractivity contribution in [1.29, 1.82) is 0 Å². The minimum absolute atomic E-state index is 0.0450. The maximum Gasteiger partial charge on any atom is 0.337 e. The lowest BCUT2D eigenvalue weighted by Gasteiger charge is -2.08. The third-order valence-electron chi connectivity index (χ3n) is 3.29. The number of carbonyl (C=O) groups is 2. The lowest BCUT2D eigenvalue weighted by molar-refractivity contribution is -0.135. The molecule has 0 aromatic heterocycles. The van der Waals surface area contributed by atoms with Crippen LogP contribution in [0.25, 0.3) is 0 Å². The highest BCUT2D eigenvalue weighted by atomic mass is 32.2. The summed E-state index contributed by atoms with van der Waals surface area (Å²) in [4.78, 5) is 23.0. The fraction of sp³-hybridized carbons (Fsp3) is 0.429. The van der Waals surface area contributed by atoms with E-state index in [0.717, 1.165) is 0 Å². The maximum absolute atomic E-state index is 11.7. The van der Waals surface area contributed by atoms with Gasteiger partial charge in [0.1, 0.15) is 5.75 Å². The second-order valence-electron chi connectivity index (χ2n) is 4.96. The van der Waals surface area contributed by atoms with Crippen molar-refractivity contribution in [3.8, 4) is 5.75 Å². The Morgan fingerprint density at radius 3 is 2.43 bits per heavy atom. The van der Waals surface area contributed by atoms with Crippen LogP contribution in [0.1, 0.15) is 23.2 Å². The number of methoxy groups -OCH3 is 1. The summed E-state index contributed by atoms with van der Waals surface area (Å²) >= 11 is 0. The molecule has 2 rings (SSSR count). The van der Waals surface area contributed by atoms with Gasteiger partial charge in [0.25, 0.3) is 0 Å². The molecule has 0 saturated carbocycles. The summed E-state index contributed by atoms with van der Waals surface area (Å²) in [6, 6.07) is 5.98. The molecule has 0 bridgehead atoms. The normalized spacial score (nSPS) is 20.0. The van der Waals surface area contributed by atoms with Gasteiger partial charge in [-0.25, -0.2) is 13.2 Å². The van der Waals surface area contributed by atoms with Crippen LogP contribution >= 0.6 is 0 Å². The molecule has 0 unspecified atom stereocenters. The third kappa shape index (κ3) is 4.29. The summed E-state index contributed by atoms with van der Waals surface area (Å²) in [7, 11) is -1.71. The number of sulfone groups is 1. The van der Waals surface area contributed by atoms with E-state index in [1.165, 1.54) is 31.4 Å².